The number of ether oxygens (including phenoxy) is 1. The summed E-state index contributed by atoms with van der Waals surface area (Å²) in [5, 5.41) is 9.30. The molecule has 2 fully saturated rings. The minimum Gasteiger partial charge on any atom is -0.406 e. The Balaban J connectivity index is 1.24. The van der Waals surface area contributed by atoms with Crippen molar-refractivity contribution in [3.8, 4) is 5.75 Å². The van der Waals surface area contributed by atoms with E-state index in [9.17, 15) is 22.8 Å². The van der Waals surface area contributed by atoms with E-state index in [2.05, 4.69) is 25.6 Å². The monoisotopic (exact) mass is 490 g/mol. The van der Waals surface area contributed by atoms with E-state index in [4.69, 9.17) is 0 Å². The molecule has 4 rings (SSSR count). The molecule has 0 aromatic heterocycles. The molecular formula is C25H29F3N4O3. The van der Waals surface area contributed by atoms with Crippen LogP contribution >= 0.6 is 0 Å². The number of fused-ring (bicyclic) bond motifs is 1. The summed E-state index contributed by atoms with van der Waals surface area (Å²) in [4.78, 5) is 26.9. The normalized spacial score (nSPS) is 22.4. The van der Waals surface area contributed by atoms with Crippen molar-refractivity contribution in [3.63, 3.8) is 0 Å². The number of carbonyl (C=O) groups is 2. The van der Waals surface area contributed by atoms with Crippen LogP contribution in [-0.4, -0.2) is 54.3 Å². The van der Waals surface area contributed by atoms with Crippen LogP contribution in [0.15, 0.2) is 54.6 Å². The van der Waals surface area contributed by atoms with Crippen molar-refractivity contribution in [2.45, 2.75) is 56.8 Å². The average Bonchev–Trinajstić information content (AvgIpc) is 3.27. The first-order chi connectivity index (χ1) is 16.8. The molecule has 2 heterocycles. The first kappa shape index (κ1) is 25.0. The highest BCUT2D eigenvalue weighted by Crippen LogP contribution is 2.27. The summed E-state index contributed by atoms with van der Waals surface area (Å²) < 4.78 is 40.9. The Bertz CT molecular complexity index is 1000. The lowest BCUT2D eigenvalue weighted by atomic mass is 10.0. The van der Waals surface area contributed by atoms with Crippen LogP contribution in [-0.2, 0) is 22.7 Å². The molecule has 0 aliphatic carbocycles. The number of nitrogens with one attached hydrogen (secondary N) is 3. The van der Waals surface area contributed by atoms with E-state index in [0.717, 1.165) is 11.1 Å². The summed E-state index contributed by atoms with van der Waals surface area (Å²) in [5.41, 5.74) is 1.86. The zero-order valence-corrected chi connectivity index (χ0v) is 19.2. The van der Waals surface area contributed by atoms with Crippen molar-refractivity contribution in [3.05, 3.63) is 65.7 Å². The van der Waals surface area contributed by atoms with Gasteiger partial charge in [-0.2, -0.15) is 0 Å². The molecule has 0 saturated carbocycles. The fourth-order valence-electron chi connectivity index (χ4n) is 4.65. The van der Waals surface area contributed by atoms with Crippen molar-refractivity contribution >= 4 is 11.8 Å². The third kappa shape index (κ3) is 7.19. The summed E-state index contributed by atoms with van der Waals surface area (Å²) >= 11 is 0. The Labute approximate surface area is 202 Å². The number of benzene rings is 2. The van der Waals surface area contributed by atoms with E-state index >= 15 is 0 Å². The maximum absolute atomic E-state index is 12.4. The van der Waals surface area contributed by atoms with Crippen LogP contribution in [0.1, 0.15) is 30.4 Å². The number of hydrogen-bond donors (Lipinski definition) is 3. The topological polar surface area (TPSA) is 82.7 Å². The van der Waals surface area contributed by atoms with E-state index in [1.807, 2.05) is 30.3 Å². The Kier molecular flexibility index (Phi) is 7.92. The molecule has 0 radical (unpaired) electrons. The van der Waals surface area contributed by atoms with Crippen LogP contribution in [0.5, 0.6) is 5.75 Å². The molecule has 2 aromatic rings. The summed E-state index contributed by atoms with van der Waals surface area (Å²) in [5.74, 6) is -0.284. The second-order valence-corrected chi connectivity index (χ2v) is 8.92. The molecule has 7 nitrogen and oxygen atoms in total. The second-order valence-electron chi connectivity index (χ2n) is 8.92. The molecular weight excluding hydrogens is 461 g/mol. The van der Waals surface area contributed by atoms with Gasteiger partial charge in [-0.3, -0.25) is 14.5 Å². The van der Waals surface area contributed by atoms with Gasteiger partial charge in [0.05, 0.1) is 6.04 Å². The maximum atomic E-state index is 12.4. The van der Waals surface area contributed by atoms with Gasteiger partial charge >= 0.3 is 6.36 Å². The number of carbonyl (C=O) groups excluding carboxylic acids is 2. The van der Waals surface area contributed by atoms with E-state index in [0.29, 0.717) is 45.4 Å². The van der Waals surface area contributed by atoms with Crippen molar-refractivity contribution < 1.29 is 27.5 Å². The molecule has 0 unspecified atom stereocenters. The summed E-state index contributed by atoms with van der Waals surface area (Å²) in [6.07, 6.45) is -3.06. The first-order valence-corrected chi connectivity index (χ1v) is 11.7. The lowest BCUT2D eigenvalue weighted by Gasteiger charge is -2.37. The molecule has 3 N–H and O–H groups in total. The minimum absolute atomic E-state index is 0.00673. The summed E-state index contributed by atoms with van der Waals surface area (Å²) in [7, 11) is 0. The molecule has 2 aliphatic rings. The SMILES string of the molecule is O=C(CC[C@H]1CNC(=O)[C@H]2C[C@H](NCc3ccc(OC(F)(F)F)cc3)CN12)NCc1ccccc1. The van der Waals surface area contributed by atoms with Gasteiger partial charge in [-0.1, -0.05) is 42.5 Å². The Hall–Kier alpha value is -3.11. The van der Waals surface area contributed by atoms with E-state index < -0.39 is 6.36 Å². The van der Waals surface area contributed by atoms with Gasteiger partial charge in [0.1, 0.15) is 5.75 Å². The fraction of sp³-hybridized carbons (Fsp3) is 0.440. The van der Waals surface area contributed by atoms with Gasteiger partial charge in [0.25, 0.3) is 0 Å². The highest BCUT2D eigenvalue weighted by atomic mass is 19.4. The highest BCUT2D eigenvalue weighted by molar-refractivity contribution is 5.83. The predicted molar refractivity (Wildman–Crippen MR) is 123 cm³/mol. The second kappa shape index (κ2) is 11.1. The lowest BCUT2D eigenvalue weighted by Crippen LogP contribution is -2.58. The largest absolute Gasteiger partial charge is 0.573 e. The zero-order chi connectivity index (χ0) is 24.8. The summed E-state index contributed by atoms with van der Waals surface area (Å²) in [6, 6.07) is 15.3. The van der Waals surface area contributed by atoms with E-state index in [1.54, 1.807) is 12.1 Å². The van der Waals surface area contributed by atoms with Crippen LogP contribution in [0.3, 0.4) is 0 Å². The van der Waals surface area contributed by atoms with Crippen molar-refractivity contribution in [1.29, 1.82) is 0 Å². The van der Waals surface area contributed by atoms with Gasteiger partial charge in [-0.05, 0) is 36.1 Å². The average molecular weight is 491 g/mol. The molecule has 2 amide bonds. The fourth-order valence-corrected chi connectivity index (χ4v) is 4.65. The number of piperazine rings is 1. The van der Waals surface area contributed by atoms with Crippen molar-refractivity contribution in [2.24, 2.45) is 0 Å². The van der Waals surface area contributed by atoms with Gasteiger partial charge in [-0.15, -0.1) is 13.2 Å². The quantitative estimate of drug-likeness (QED) is 0.504. The third-order valence-corrected chi connectivity index (χ3v) is 6.41. The molecule has 10 heteroatoms. The predicted octanol–water partition coefficient (Wildman–Crippen LogP) is 2.71. The van der Waals surface area contributed by atoms with E-state index in [1.165, 1.54) is 12.1 Å². The molecule has 188 valence electrons. The number of rotatable bonds is 9. The number of nitrogens with zero attached hydrogens (tertiary/aromatic N) is 1. The number of alkyl halides is 3. The number of amides is 2. The minimum atomic E-state index is -4.71. The van der Waals surface area contributed by atoms with Gasteiger partial charge in [0.15, 0.2) is 0 Å². The molecule has 35 heavy (non-hydrogen) atoms. The maximum Gasteiger partial charge on any atom is 0.573 e. The number of halogens is 3. The number of hydrogen-bond acceptors (Lipinski definition) is 5. The van der Waals surface area contributed by atoms with Crippen LogP contribution in [0.4, 0.5) is 13.2 Å². The highest BCUT2D eigenvalue weighted by Gasteiger charge is 2.43. The first-order valence-electron chi connectivity index (χ1n) is 11.7. The Morgan fingerprint density at radius 3 is 2.49 bits per heavy atom. The molecule has 3 atom stereocenters. The van der Waals surface area contributed by atoms with Crippen molar-refractivity contribution in [1.82, 2.24) is 20.9 Å². The van der Waals surface area contributed by atoms with Crippen LogP contribution in [0, 0.1) is 0 Å². The van der Waals surface area contributed by atoms with Gasteiger partial charge in [0, 0.05) is 44.7 Å². The van der Waals surface area contributed by atoms with Crippen LogP contribution in [0.25, 0.3) is 0 Å². The van der Waals surface area contributed by atoms with Crippen LogP contribution in [0.2, 0.25) is 0 Å². The van der Waals surface area contributed by atoms with Gasteiger partial charge in [-0.25, -0.2) is 0 Å². The molecule has 0 spiro atoms. The Morgan fingerprint density at radius 2 is 1.77 bits per heavy atom. The van der Waals surface area contributed by atoms with Gasteiger partial charge < -0.3 is 20.7 Å². The smallest absolute Gasteiger partial charge is 0.406 e. The molecule has 2 saturated heterocycles. The molecule has 2 aromatic carbocycles. The van der Waals surface area contributed by atoms with E-state index in [-0.39, 0.29) is 35.7 Å². The van der Waals surface area contributed by atoms with Gasteiger partial charge in [0.2, 0.25) is 11.8 Å². The van der Waals surface area contributed by atoms with Crippen LogP contribution < -0.4 is 20.7 Å². The zero-order valence-electron chi connectivity index (χ0n) is 19.2. The molecule has 0 bridgehead atoms. The standard InChI is InChI=1S/C25H29F3N4O3/c26-25(27,28)35-21-9-6-18(7-10-21)13-29-19-12-22-24(34)31-15-20(32(22)16-19)8-11-23(33)30-14-17-4-2-1-3-5-17/h1-7,9-10,19-20,22,29H,8,11-16H2,(H,30,33)(H,31,34)/t19-,20-,22+/m0/s1. The third-order valence-electron chi connectivity index (χ3n) is 6.41. The molecule has 2 aliphatic heterocycles. The summed E-state index contributed by atoms with van der Waals surface area (Å²) in [6.45, 7) is 2.13. The lowest BCUT2D eigenvalue weighted by molar-refractivity contribution is -0.274. The van der Waals surface area contributed by atoms with Crippen molar-refractivity contribution in [2.75, 3.05) is 13.1 Å². The Morgan fingerprint density at radius 1 is 1.06 bits per heavy atom.